The van der Waals surface area contributed by atoms with Crippen molar-refractivity contribution >= 4 is 5.91 Å². The van der Waals surface area contributed by atoms with E-state index in [1.165, 1.54) is 0 Å². The van der Waals surface area contributed by atoms with Gasteiger partial charge in [0.1, 0.15) is 5.69 Å². The maximum absolute atomic E-state index is 12.9. The number of carbonyl (C=O) groups excluding carboxylic acids is 1. The van der Waals surface area contributed by atoms with Gasteiger partial charge in [0, 0.05) is 31.7 Å². The minimum Gasteiger partial charge on any atom is -0.378 e. The number of pyridine rings is 1. The Balaban J connectivity index is 1.79. The van der Waals surface area contributed by atoms with Gasteiger partial charge >= 0.3 is 0 Å². The van der Waals surface area contributed by atoms with E-state index in [4.69, 9.17) is 9.47 Å². The first kappa shape index (κ1) is 16.4. The summed E-state index contributed by atoms with van der Waals surface area (Å²) in [5.74, 6) is 0.00831. The minimum absolute atomic E-state index is 0.00831. The molecule has 0 bridgehead atoms. The lowest BCUT2D eigenvalue weighted by Gasteiger charge is -2.48. The third-order valence-corrected chi connectivity index (χ3v) is 4.70. The van der Waals surface area contributed by atoms with Gasteiger partial charge in [0.05, 0.1) is 24.4 Å². The molecule has 2 saturated heterocycles. The predicted molar refractivity (Wildman–Crippen MR) is 87.4 cm³/mol. The zero-order valence-electron chi connectivity index (χ0n) is 14.2. The molecule has 1 aromatic heterocycles. The van der Waals surface area contributed by atoms with Gasteiger partial charge in [-0.05, 0) is 32.4 Å². The van der Waals surface area contributed by atoms with Crippen molar-refractivity contribution in [2.24, 2.45) is 0 Å². The van der Waals surface area contributed by atoms with E-state index < -0.39 is 0 Å². The van der Waals surface area contributed by atoms with Crippen molar-refractivity contribution in [3.05, 3.63) is 29.6 Å². The van der Waals surface area contributed by atoms with Crippen LogP contribution in [0.3, 0.4) is 0 Å². The summed E-state index contributed by atoms with van der Waals surface area (Å²) >= 11 is 0. The molecule has 3 heterocycles. The largest absolute Gasteiger partial charge is 0.378 e. The molecule has 23 heavy (non-hydrogen) atoms. The first-order valence-electron chi connectivity index (χ1n) is 8.56. The van der Waals surface area contributed by atoms with E-state index >= 15 is 0 Å². The predicted octanol–water partition coefficient (Wildman–Crippen LogP) is 2.44. The Labute approximate surface area is 138 Å². The number of rotatable bonds is 2. The average Bonchev–Trinajstić information content (AvgIpc) is 2.53. The van der Waals surface area contributed by atoms with E-state index in [1.807, 2.05) is 30.9 Å². The molecule has 5 nitrogen and oxygen atoms in total. The average molecular weight is 318 g/mol. The van der Waals surface area contributed by atoms with Gasteiger partial charge < -0.3 is 14.4 Å². The highest BCUT2D eigenvalue weighted by Gasteiger charge is 2.44. The Morgan fingerprint density at radius 3 is 2.96 bits per heavy atom. The first-order chi connectivity index (χ1) is 11.0. The summed E-state index contributed by atoms with van der Waals surface area (Å²) in [6.07, 6.45) is 2.72. The Morgan fingerprint density at radius 1 is 1.39 bits per heavy atom. The van der Waals surface area contributed by atoms with Gasteiger partial charge in [-0.25, -0.2) is 4.98 Å². The van der Waals surface area contributed by atoms with Gasteiger partial charge in [-0.2, -0.15) is 0 Å². The van der Waals surface area contributed by atoms with E-state index in [0.717, 1.165) is 25.0 Å². The lowest BCUT2D eigenvalue weighted by Crippen LogP contribution is -2.59. The zero-order valence-corrected chi connectivity index (χ0v) is 14.2. The fourth-order valence-electron chi connectivity index (χ4n) is 3.72. The highest BCUT2D eigenvalue weighted by Crippen LogP contribution is 2.34. The number of carbonyl (C=O) groups is 1. The molecule has 0 radical (unpaired) electrons. The van der Waals surface area contributed by atoms with Gasteiger partial charge in [-0.1, -0.05) is 13.0 Å². The zero-order chi connectivity index (χ0) is 16.4. The molecular formula is C18H26N2O3. The summed E-state index contributed by atoms with van der Waals surface area (Å²) in [6, 6.07) is 5.68. The van der Waals surface area contributed by atoms with Gasteiger partial charge in [0.15, 0.2) is 0 Å². The fraction of sp³-hybridized carbons (Fsp3) is 0.667. The molecular weight excluding hydrogens is 292 g/mol. The number of hydrogen-bond acceptors (Lipinski definition) is 4. The van der Waals surface area contributed by atoms with Crippen LogP contribution < -0.4 is 0 Å². The Morgan fingerprint density at radius 2 is 2.22 bits per heavy atom. The SMILES string of the molecule is CCc1cccc(C(=O)N2CC(C)OC3(CCOC(C)C3)C2)n1. The molecule has 1 spiro atoms. The smallest absolute Gasteiger partial charge is 0.272 e. The number of aromatic nitrogens is 1. The van der Waals surface area contributed by atoms with Crippen LogP contribution in [0.4, 0.5) is 0 Å². The van der Waals surface area contributed by atoms with E-state index in [0.29, 0.717) is 25.4 Å². The van der Waals surface area contributed by atoms with Crippen molar-refractivity contribution in [1.29, 1.82) is 0 Å². The Hall–Kier alpha value is -1.46. The number of amides is 1. The number of aryl methyl sites for hydroxylation is 1. The third-order valence-electron chi connectivity index (χ3n) is 4.70. The van der Waals surface area contributed by atoms with Gasteiger partial charge in [0.25, 0.3) is 5.91 Å². The molecule has 0 aliphatic carbocycles. The van der Waals surface area contributed by atoms with Crippen molar-refractivity contribution in [2.75, 3.05) is 19.7 Å². The van der Waals surface area contributed by atoms with Crippen LogP contribution in [0.5, 0.6) is 0 Å². The van der Waals surface area contributed by atoms with Crippen LogP contribution in [-0.4, -0.2) is 53.3 Å². The Bertz CT molecular complexity index is 573. The number of morpholine rings is 1. The lowest BCUT2D eigenvalue weighted by atomic mass is 9.88. The highest BCUT2D eigenvalue weighted by molar-refractivity contribution is 5.92. The van der Waals surface area contributed by atoms with Crippen LogP contribution >= 0.6 is 0 Å². The fourth-order valence-corrected chi connectivity index (χ4v) is 3.72. The second kappa shape index (κ2) is 6.57. The number of nitrogens with zero attached hydrogens (tertiary/aromatic N) is 2. The lowest BCUT2D eigenvalue weighted by molar-refractivity contribution is -0.189. The third kappa shape index (κ3) is 3.56. The normalized spacial score (nSPS) is 31.3. The minimum atomic E-state index is -0.270. The molecule has 5 heteroatoms. The summed E-state index contributed by atoms with van der Waals surface area (Å²) in [6.45, 7) is 8.10. The molecule has 3 atom stereocenters. The molecule has 0 saturated carbocycles. The molecule has 1 amide bonds. The molecule has 1 aromatic rings. The maximum Gasteiger partial charge on any atom is 0.272 e. The molecule has 3 unspecified atom stereocenters. The summed E-state index contributed by atoms with van der Waals surface area (Å²) in [5, 5.41) is 0. The van der Waals surface area contributed by atoms with Crippen LogP contribution in [-0.2, 0) is 15.9 Å². The summed E-state index contributed by atoms with van der Waals surface area (Å²) in [7, 11) is 0. The standard InChI is InChI=1S/C18H26N2O3/c1-4-15-6-5-7-16(19-15)17(21)20-11-14(3)23-18(12-20)8-9-22-13(2)10-18/h5-7,13-14H,4,8-12H2,1-3H3. The van der Waals surface area contributed by atoms with Crippen LogP contribution in [0, 0.1) is 0 Å². The van der Waals surface area contributed by atoms with Crippen LogP contribution in [0.25, 0.3) is 0 Å². The highest BCUT2D eigenvalue weighted by atomic mass is 16.5. The van der Waals surface area contributed by atoms with Crippen LogP contribution in [0.2, 0.25) is 0 Å². The van der Waals surface area contributed by atoms with Crippen molar-refractivity contribution < 1.29 is 14.3 Å². The van der Waals surface area contributed by atoms with Crippen molar-refractivity contribution in [3.63, 3.8) is 0 Å². The molecule has 2 aliphatic heterocycles. The molecule has 2 fully saturated rings. The van der Waals surface area contributed by atoms with Crippen molar-refractivity contribution in [2.45, 2.75) is 57.8 Å². The van der Waals surface area contributed by atoms with Crippen LogP contribution in [0.15, 0.2) is 18.2 Å². The van der Waals surface area contributed by atoms with E-state index in [9.17, 15) is 4.79 Å². The first-order valence-corrected chi connectivity index (χ1v) is 8.56. The molecule has 2 aliphatic rings. The Kier molecular flexibility index (Phi) is 4.69. The molecule has 126 valence electrons. The second-order valence-electron chi connectivity index (χ2n) is 6.80. The maximum atomic E-state index is 12.9. The number of hydrogen-bond donors (Lipinski definition) is 0. The summed E-state index contributed by atoms with van der Waals surface area (Å²) in [5.41, 5.74) is 1.22. The van der Waals surface area contributed by atoms with Crippen molar-refractivity contribution in [3.8, 4) is 0 Å². The van der Waals surface area contributed by atoms with E-state index in [1.54, 1.807) is 6.07 Å². The quantitative estimate of drug-likeness (QED) is 0.840. The van der Waals surface area contributed by atoms with Gasteiger partial charge in [-0.15, -0.1) is 0 Å². The molecule has 3 rings (SSSR count). The summed E-state index contributed by atoms with van der Waals surface area (Å²) in [4.78, 5) is 19.3. The summed E-state index contributed by atoms with van der Waals surface area (Å²) < 4.78 is 11.9. The van der Waals surface area contributed by atoms with Crippen LogP contribution in [0.1, 0.15) is 49.8 Å². The topological polar surface area (TPSA) is 51.7 Å². The van der Waals surface area contributed by atoms with E-state index in [2.05, 4.69) is 11.9 Å². The van der Waals surface area contributed by atoms with Crippen molar-refractivity contribution in [1.82, 2.24) is 9.88 Å². The molecule has 0 aromatic carbocycles. The van der Waals surface area contributed by atoms with Gasteiger partial charge in [-0.3, -0.25) is 4.79 Å². The van der Waals surface area contributed by atoms with E-state index in [-0.39, 0.29) is 23.7 Å². The van der Waals surface area contributed by atoms with Gasteiger partial charge in [0.2, 0.25) is 0 Å². The molecule has 0 N–H and O–H groups in total. The number of ether oxygens (including phenoxy) is 2. The second-order valence-corrected chi connectivity index (χ2v) is 6.80. The monoisotopic (exact) mass is 318 g/mol.